The number of rotatable bonds is 6. The van der Waals surface area contributed by atoms with Gasteiger partial charge >= 0.3 is 0 Å². The summed E-state index contributed by atoms with van der Waals surface area (Å²) in [6, 6.07) is 9.45. The SMILES string of the molecule is CCNC(=NCCc1coc(-c2ccc(F)cc2)n1)N1CCN(C(=O)c2ccco2)CC1. The van der Waals surface area contributed by atoms with Crippen molar-refractivity contribution in [3.05, 3.63) is 66.2 Å². The van der Waals surface area contributed by atoms with Crippen molar-refractivity contribution in [3.63, 3.8) is 0 Å². The lowest BCUT2D eigenvalue weighted by atomic mass is 10.2. The number of nitrogens with one attached hydrogen (secondary N) is 1. The second-order valence-corrected chi connectivity index (χ2v) is 7.39. The van der Waals surface area contributed by atoms with Crippen molar-refractivity contribution in [1.29, 1.82) is 0 Å². The summed E-state index contributed by atoms with van der Waals surface area (Å²) in [6.07, 6.45) is 3.74. The third-order valence-corrected chi connectivity index (χ3v) is 5.21. The molecule has 4 rings (SSSR count). The maximum atomic E-state index is 13.1. The molecule has 3 heterocycles. The van der Waals surface area contributed by atoms with Crippen molar-refractivity contribution in [2.45, 2.75) is 13.3 Å². The lowest BCUT2D eigenvalue weighted by molar-refractivity contribution is 0.0657. The molecule has 2 aromatic heterocycles. The number of oxazole rings is 1. The maximum Gasteiger partial charge on any atom is 0.289 e. The van der Waals surface area contributed by atoms with Gasteiger partial charge in [0.25, 0.3) is 5.91 Å². The number of guanidine groups is 1. The van der Waals surface area contributed by atoms with E-state index in [4.69, 9.17) is 13.8 Å². The molecular formula is C23H26FN5O3. The summed E-state index contributed by atoms with van der Waals surface area (Å²) >= 11 is 0. The molecule has 1 fully saturated rings. The Morgan fingerprint density at radius 3 is 2.56 bits per heavy atom. The number of halogens is 1. The van der Waals surface area contributed by atoms with Crippen molar-refractivity contribution in [2.24, 2.45) is 4.99 Å². The van der Waals surface area contributed by atoms with E-state index >= 15 is 0 Å². The van der Waals surface area contributed by atoms with Crippen LogP contribution in [0.25, 0.3) is 11.5 Å². The highest BCUT2D eigenvalue weighted by atomic mass is 19.1. The Hall–Kier alpha value is -3.62. The molecule has 1 aliphatic rings. The van der Waals surface area contributed by atoms with Crippen LogP contribution in [0.2, 0.25) is 0 Å². The molecule has 9 heteroatoms. The molecule has 8 nitrogen and oxygen atoms in total. The first-order valence-corrected chi connectivity index (χ1v) is 10.7. The third kappa shape index (κ3) is 5.16. The molecule has 1 aromatic carbocycles. The Morgan fingerprint density at radius 2 is 1.88 bits per heavy atom. The first-order chi connectivity index (χ1) is 15.6. The number of furan rings is 1. The van der Waals surface area contributed by atoms with Crippen LogP contribution in [0.4, 0.5) is 4.39 Å². The van der Waals surface area contributed by atoms with Gasteiger partial charge in [-0.05, 0) is 43.3 Å². The standard InChI is InChI=1S/C23H26FN5O3/c1-2-25-23(29-13-11-28(12-14-29)22(30)20-4-3-15-31-20)26-10-9-19-16-32-21(27-19)17-5-7-18(24)8-6-17/h3-8,15-16H,2,9-14H2,1H3,(H,25,26). The molecule has 1 aliphatic heterocycles. The Labute approximate surface area is 185 Å². The van der Waals surface area contributed by atoms with E-state index in [0.717, 1.165) is 23.8 Å². The number of hydrogen-bond acceptors (Lipinski definition) is 5. The van der Waals surface area contributed by atoms with Crippen LogP contribution in [-0.2, 0) is 6.42 Å². The average Bonchev–Trinajstić information content (AvgIpc) is 3.51. The van der Waals surface area contributed by atoms with Gasteiger partial charge in [-0.3, -0.25) is 9.79 Å². The highest BCUT2D eigenvalue weighted by molar-refractivity contribution is 5.91. The fraction of sp³-hybridized carbons (Fsp3) is 0.348. The fourth-order valence-corrected chi connectivity index (χ4v) is 3.53. The van der Waals surface area contributed by atoms with E-state index in [0.29, 0.717) is 50.8 Å². The lowest BCUT2D eigenvalue weighted by Gasteiger charge is -2.36. The van der Waals surface area contributed by atoms with Crippen LogP contribution in [0.3, 0.4) is 0 Å². The van der Waals surface area contributed by atoms with E-state index in [9.17, 15) is 9.18 Å². The van der Waals surface area contributed by atoms with Crippen molar-refractivity contribution in [1.82, 2.24) is 20.1 Å². The minimum absolute atomic E-state index is 0.0837. The predicted octanol–water partition coefficient (Wildman–Crippen LogP) is 3.04. The lowest BCUT2D eigenvalue weighted by Crippen LogP contribution is -2.53. The van der Waals surface area contributed by atoms with Gasteiger partial charge in [-0.1, -0.05) is 0 Å². The number of nitrogens with zero attached hydrogens (tertiary/aromatic N) is 4. The van der Waals surface area contributed by atoms with Crippen molar-refractivity contribution < 1.29 is 18.0 Å². The molecule has 3 aromatic rings. The molecule has 0 unspecified atom stereocenters. The first-order valence-electron chi connectivity index (χ1n) is 10.7. The molecular weight excluding hydrogens is 413 g/mol. The van der Waals surface area contributed by atoms with Gasteiger partial charge in [0, 0.05) is 51.3 Å². The monoisotopic (exact) mass is 439 g/mol. The number of carbonyl (C=O) groups excluding carboxylic acids is 1. The topological polar surface area (TPSA) is 87.1 Å². The van der Waals surface area contributed by atoms with Crippen molar-refractivity contribution in [2.75, 3.05) is 39.3 Å². The van der Waals surface area contributed by atoms with Gasteiger partial charge < -0.3 is 24.0 Å². The van der Waals surface area contributed by atoms with E-state index in [-0.39, 0.29) is 11.7 Å². The van der Waals surface area contributed by atoms with Gasteiger partial charge in [-0.2, -0.15) is 0 Å². The van der Waals surface area contributed by atoms with Gasteiger partial charge in [0.15, 0.2) is 11.7 Å². The number of hydrogen-bond donors (Lipinski definition) is 1. The smallest absolute Gasteiger partial charge is 0.289 e. The molecule has 1 saturated heterocycles. The summed E-state index contributed by atoms with van der Waals surface area (Å²) in [5, 5.41) is 3.32. The quantitative estimate of drug-likeness (QED) is 0.469. The molecule has 0 saturated carbocycles. The van der Waals surface area contributed by atoms with Gasteiger partial charge in [0.05, 0.1) is 12.0 Å². The average molecular weight is 439 g/mol. The molecule has 1 N–H and O–H groups in total. The number of aromatic nitrogens is 1. The largest absolute Gasteiger partial charge is 0.459 e. The zero-order valence-corrected chi connectivity index (χ0v) is 18.0. The highest BCUT2D eigenvalue weighted by Gasteiger charge is 2.25. The van der Waals surface area contributed by atoms with Crippen LogP contribution in [0, 0.1) is 5.82 Å². The molecule has 0 bridgehead atoms. The van der Waals surface area contributed by atoms with Gasteiger partial charge in [-0.25, -0.2) is 9.37 Å². The Balaban J connectivity index is 1.32. The Bertz CT molecular complexity index is 1040. The molecule has 0 atom stereocenters. The zero-order chi connectivity index (χ0) is 22.3. The maximum absolute atomic E-state index is 13.1. The summed E-state index contributed by atoms with van der Waals surface area (Å²) in [7, 11) is 0. The highest BCUT2D eigenvalue weighted by Crippen LogP contribution is 2.19. The number of carbonyl (C=O) groups is 1. The Kier molecular flexibility index (Phi) is 6.84. The van der Waals surface area contributed by atoms with Crippen LogP contribution >= 0.6 is 0 Å². The summed E-state index contributed by atoms with van der Waals surface area (Å²) in [5.41, 5.74) is 1.52. The number of aliphatic imine (C=N–C) groups is 1. The minimum Gasteiger partial charge on any atom is -0.459 e. The predicted molar refractivity (Wildman–Crippen MR) is 118 cm³/mol. The van der Waals surface area contributed by atoms with E-state index < -0.39 is 0 Å². The second kappa shape index (κ2) is 10.1. The van der Waals surface area contributed by atoms with E-state index in [2.05, 4.69) is 15.2 Å². The summed E-state index contributed by atoms with van der Waals surface area (Å²) < 4.78 is 23.8. The van der Waals surface area contributed by atoms with Crippen LogP contribution in [0.1, 0.15) is 23.2 Å². The van der Waals surface area contributed by atoms with Gasteiger partial charge in [-0.15, -0.1) is 0 Å². The third-order valence-electron chi connectivity index (χ3n) is 5.21. The zero-order valence-electron chi connectivity index (χ0n) is 18.0. The molecule has 0 aliphatic carbocycles. The minimum atomic E-state index is -0.294. The summed E-state index contributed by atoms with van der Waals surface area (Å²) in [5.74, 6) is 1.27. The van der Waals surface area contributed by atoms with Crippen molar-refractivity contribution in [3.8, 4) is 11.5 Å². The number of benzene rings is 1. The van der Waals surface area contributed by atoms with Gasteiger partial charge in [0.2, 0.25) is 5.89 Å². The van der Waals surface area contributed by atoms with Gasteiger partial charge in [0.1, 0.15) is 12.1 Å². The van der Waals surface area contributed by atoms with E-state index in [1.807, 2.05) is 6.92 Å². The second-order valence-electron chi connectivity index (χ2n) is 7.39. The van der Waals surface area contributed by atoms with Crippen LogP contribution in [0.15, 0.2) is 62.8 Å². The normalized spacial score (nSPS) is 14.6. The molecule has 0 radical (unpaired) electrons. The molecule has 0 spiro atoms. The van der Waals surface area contributed by atoms with E-state index in [1.165, 1.54) is 18.4 Å². The fourth-order valence-electron chi connectivity index (χ4n) is 3.53. The Morgan fingerprint density at radius 1 is 1.12 bits per heavy atom. The molecule has 1 amide bonds. The van der Waals surface area contributed by atoms with Crippen LogP contribution in [0.5, 0.6) is 0 Å². The summed E-state index contributed by atoms with van der Waals surface area (Å²) in [4.78, 5) is 25.6. The molecule has 168 valence electrons. The van der Waals surface area contributed by atoms with Crippen molar-refractivity contribution >= 4 is 11.9 Å². The first kappa shape index (κ1) is 21.6. The number of amides is 1. The van der Waals surface area contributed by atoms with Crippen LogP contribution in [-0.4, -0.2) is 65.9 Å². The van der Waals surface area contributed by atoms with Crippen LogP contribution < -0.4 is 5.32 Å². The molecule has 32 heavy (non-hydrogen) atoms. The number of piperazine rings is 1. The summed E-state index contributed by atoms with van der Waals surface area (Å²) in [6.45, 7) is 5.92. The van der Waals surface area contributed by atoms with E-state index in [1.54, 1.807) is 35.4 Å².